The number of likely N-dealkylation sites (tertiary alicyclic amines) is 1. The molecule has 114 valence electrons. The van der Waals surface area contributed by atoms with Gasteiger partial charge in [-0.25, -0.2) is 4.79 Å². The van der Waals surface area contributed by atoms with Crippen molar-refractivity contribution in [1.82, 2.24) is 4.90 Å². The Balaban J connectivity index is 2.06. The van der Waals surface area contributed by atoms with Gasteiger partial charge in [0.1, 0.15) is 11.4 Å². The summed E-state index contributed by atoms with van der Waals surface area (Å²) in [6, 6.07) is 0. The molecule has 4 heteroatoms. The SMILES string of the molecule is C[C@@H]1C(=O)CC[C@]2(C)CN(C(=O)OC(C)(C)C)CC[C@@H]12. The molecular formula is C16H27NO3. The van der Waals surface area contributed by atoms with Crippen LogP contribution in [-0.2, 0) is 9.53 Å². The van der Waals surface area contributed by atoms with Gasteiger partial charge in [0, 0.05) is 25.4 Å². The third-order valence-corrected chi connectivity index (χ3v) is 4.86. The van der Waals surface area contributed by atoms with Crippen LogP contribution in [0.2, 0.25) is 0 Å². The van der Waals surface area contributed by atoms with E-state index in [2.05, 4.69) is 6.92 Å². The summed E-state index contributed by atoms with van der Waals surface area (Å²) < 4.78 is 5.47. The minimum atomic E-state index is -0.454. The van der Waals surface area contributed by atoms with E-state index in [4.69, 9.17) is 4.74 Å². The van der Waals surface area contributed by atoms with Crippen molar-refractivity contribution < 1.29 is 14.3 Å². The first-order valence-electron chi connectivity index (χ1n) is 7.63. The van der Waals surface area contributed by atoms with Crippen LogP contribution in [0.4, 0.5) is 4.79 Å². The van der Waals surface area contributed by atoms with Crippen LogP contribution in [0, 0.1) is 17.3 Å². The molecule has 4 nitrogen and oxygen atoms in total. The number of hydrogen-bond donors (Lipinski definition) is 0. The van der Waals surface area contributed by atoms with Crippen LogP contribution in [-0.4, -0.2) is 35.5 Å². The number of hydrogen-bond acceptors (Lipinski definition) is 3. The number of ketones is 1. The molecule has 20 heavy (non-hydrogen) atoms. The van der Waals surface area contributed by atoms with Gasteiger partial charge in [0.15, 0.2) is 0 Å². The Hall–Kier alpha value is -1.06. The van der Waals surface area contributed by atoms with Crippen LogP contribution >= 0.6 is 0 Å². The van der Waals surface area contributed by atoms with Crippen molar-refractivity contribution in [2.75, 3.05) is 13.1 Å². The van der Waals surface area contributed by atoms with Crippen molar-refractivity contribution in [3.05, 3.63) is 0 Å². The molecule has 0 spiro atoms. The Labute approximate surface area is 121 Å². The van der Waals surface area contributed by atoms with Crippen molar-refractivity contribution in [1.29, 1.82) is 0 Å². The fourth-order valence-electron chi connectivity index (χ4n) is 3.74. The number of rotatable bonds is 0. The molecule has 2 aliphatic rings. The van der Waals surface area contributed by atoms with Gasteiger partial charge in [0.25, 0.3) is 0 Å². The lowest BCUT2D eigenvalue weighted by atomic mass is 9.60. The molecule has 0 N–H and O–H groups in total. The van der Waals surface area contributed by atoms with E-state index >= 15 is 0 Å². The summed E-state index contributed by atoms with van der Waals surface area (Å²) >= 11 is 0. The molecule has 1 heterocycles. The van der Waals surface area contributed by atoms with Gasteiger partial charge in [-0.05, 0) is 44.9 Å². The third kappa shape index (κ3) is 2.99. The van der Waals surface area contributed by atoms with Crippen LogP contribution in [0.1, 0.15) is 53.9 Å². The van der Waals surface area contributed by atoms with Crippen molar-refractivity contribution in [2.24, 2.45) is 17.3 Å². The number of amides is 1. The van der Waals surface area contributed by atoms with Gasteiger partial charge in [-0.3, -0.25) is 4.79 Å². The average Bonchev–Trinajstić information content (AvgIpc) is 2.31. The topological polar surface area (TPSA) is 46.6 Å². The largest absolute Gasteiger partial charge is 0.444 e. The Bertz CT molecular complexity index is 412. The molecule has 1 aliphatic heterocycles. The fraction of sp³-hybridized carbons (Fsp3) is 0.875. The predicted octanol–water partition coefficient (Wildman–Crippen LogP) is 3.25. The van der Waals surface area contributed by atoms with Crippen molar-refractivity contribution >= 4 is 11.9 Å². The van der Waals surface area contributed by atoms with E-state index in [-0.39, 0.29) is 17.4 Å². The minimum Gasteiger partial charge on any atom is -0.444 e. The Kier molecular flexibility index (Phi) is 3.87. The Morgan fingerprint density at radius 3 is 2.65 bits per heavy atom. The van der Waals surface area contributed by atoms with Gasteiger partial charge in [-0.1, -0.05) is 13.8 Å². The zero-order valence-electron chi connectivity index (χ0n) is 13.4. The lowest BCUT2D eigenvalue weighted by Gasteiger charge is -2.51. The number of nitrogens with zero attached hydrogens (tertiary/aromatic N) is 1. The molecule has 1 amide bonds. The second-order valence-corrected chi connectivity index (χ2v) is 7.71. The normalized spacial score (nSPS) is 34.6. The summed E-state index contributed by atoms with van der Waals surface area (Å²) in [4.78, 5) is 25.9. The fourth-order valence-corrected chi connectivity index (χ4v) is 3.74. The van der Waals surface area contributed by atoms with E-state index in [0.29, 0.717) is 31.2 Å². The molecule has 2 rings (SSSR count). The van der Waals surface area contributed by atoms with E-state index < -0.39 is 5.60 Å². The molecule has 2 fully saturated rings. The maximum Gasteiger partial charge on any atom is 0.410 e. The van der Waals surface area contributed by atoms with Crippen LogP contribution in [0.3, 0.4) is 0 Å². The van der Waals surface area contributed by atoms with Crippen LogP contribution in [0.5, 0.6) is 0 Å². The molecule has 0 unspecified atom stereocenters. The summed E-state index contributed by atoms with van der Waals surface area (Å²) in [6.07, 6.45) is 2.22. The number of carbonyl (C=O) groups excluding carboxylic acids is 2. The number of fused-ring (bicyclic) bond motifs is 1. The molecule has 1 saturated heterocycles. The van der Waals surface area contributed by atoms with E-state index in [1.165, 1.54) is 0 Å². The third-order valence-electron chi connectivity index (χ3n) is 4.86. The highest BCUT2D eigenvalue weighted by Gasteiger charge is 2.48. The maximum atomic E-state index is 12.2. The van der Waals surface area contributed by atoms with Crippen molar-refractivity contribution in [2.45, 2.75) is 59.5 Å². The summed E-state index contributed by atoms with van der Waals surface area (Å²) in [6.45, 7) is 11.4. The quantitative estimate of drug-likeness (QED) is 0.684. The van der Waals surface area contributed by atoms with Crippen molar-refractivity contribution in [3.63, 3.8) is 0 Å². The Morgan fingerprint density at radius 2 is 2.05 bits per heavy atom. The minimum absolute atomic E-state index is 0.0580. The molecule has 0 aromatic carbocycles. The first-order chi connectivity index (χ1) is 9.12. The first kappa shape index (κ1) is 15.3. The maximum absolute atomic E-state index is 12.2. The molecule has 0 radical (unpaired) electrons. The number of carbonyl (C=O) groups is 2. The average molecular weight is 281 g/mol. The van der Waals surface area contributed by atoms with Gasteiger partial charge >= 0.3 is 6.09 Å². The lowest BCUT2D eigenvalue weighted by molar-refractivity contribution is -0.133. The van der Waals surface area contributed by atoms with Crippen LogP contribution in [0.25, 0.3) is 0 Å². The van der Waals surface area contributed by atoms with Crippen LogP contribution in [0.15, 0.2) is 0 Å². The second-order valence-electron chi connectivity index (χ2n) is 7.71. The van der Waals surface area contributed by atoms with E-state index in [1.54, 1.807) is 0 Å². The molecule has 0 bridgehead atoms. The zero-order chi connectivity index (χ0) is 15.1. The highest BCUT2D eigenvalue weighted by molar-refractivity contribution is 5.82. The molecule has 0 aromatic heterocycles. The van der Waals surface area contributed by atoms with Gasteiger partial charge in [-0.2, -0.15) is 0 Å². The number of Topliss-reactive ketones (excluding diaryl/α,β-unsaturated/α-hetero) is 1. The summed E-state index contributed by atoms with van der Waals surface area (Å²) in [5.74, 6) is 0.926. The molecular weight excluding hydrogens is 254 g/mol. The summed E-state index contributed by atoms with van der Waals surface area (Å²) in [5, 5.41) is 0. The van der Waals surface area contributed by atoms with Gasteiger partial charge < -0.3 is 9.64 Å². The highest BCUT2D eigenvalue weighted by atomic mass is 16.6. The predicted molar refractivity (Wildman–Crippen MR) is 77.4 cm³/mol. The van der Waals surface area contributed by atoms with E-state index in [0.717, 1.165) is 12.8 Å². The molecule has 3 atom stereocenters. The second kappa shape index (κ2) is 5.05. The van der Waals surface area contributed by atoms with Gasteiger partial charge in [-0.15, -0.1) is 0 Å². The smallest absolute Gasteiger partial charge is 0.410 e. The molecule has 0 aromatic rings. The molecule has 1 aliphatic carbocycles. The monoisotopic (exact) mass is 281 g/mol. The first-order valence-corrected chi connectivity index (χ1v) is 7.63. The summed E-state index contributed by atoms with van der Waals surface area (Å²) in [5.41, 5.74) is -0.396. The number of piperidine rings is 1. The highest BCUT2D eigenvalue weighted by Crippen LogP contribution is 2.47. The van der Waals surface area contributed by atoms with E-state index in [9.17, 15) is 9.59 Å². The lowest BCUT2D eigenvalue weighted by Crippen LogP contribution is -2.55. The van der Waals surface area contributed by atoms with Crippen molar-refractivity contribution in [3.8, 4) is 0 Å². The van der Waals surface area contributed by atoms with Gasteiger partial charge in [0.05, 0.1) is 0 Å². The Morgan fingerprint density at radius 1 is 1.40 bits per heavy atom. The molecule has 1 saturated carbocycles. The number of ether oxygens (including phenoxy) is 1. The van der Waals surface area contributed by atoms with Crippen LogP contribution < -0.4 is 0 Å². The standard InChI is InChI=1S/C16H27NO3/c1-11-12-7-9-17(14(19)20-15(2,3)4)10-16(12,5)8-6-13(11)18/h11-12H,6-10H2,1-5H3/t11-,12-,16+/m0/s1. The summed E-state index contributed by atoms with van der Waals surface area (Å²) in [7, 11) is 0. The van der Waals surface area contributed by atoms with Gasteiger partial charge in [0.2, 0.25) is 0 Å². The van der Waals surface area contributed by atoms with E-state index in [1.807, 2.05) is 32.6 Å². The zero-order valence-corrected chi connectivity index (χ0v) is 13.4.